The zero-order chi connectivity index (χ0) is 11.5. The lowest BCUT2D eigenvalue weighted by molar-refractivity contribution is 0.0923. The summed E-state index contributed by atoms with van der Waals surface area (Å²) in [5, 5.41) is 3.01. The zero-order valence-corrected chi connectivity index (χ0v) is 9.75. The number of ether oxygens (including phenoxy) is 1. The van der Waals surface area contributed by atoms with Gasteiger partial charge < -0.3 is 10.1 Å². The van der Waals surface area contributed by atoms with Gasteiger partial charge in [-0.3, -0.25) is 4.79 Å². The summed E-state index contributed by atoms with van der Waals surface area (Å²) in [4.78, 5) is 11.9. The second kappa shape index (κ2) is 4.66. The first-order chi connectivity index (χ1) is 7.74. The van der Waals surface area contributed by atoms with E-state index in [9.17, 15) is 4.79 Å². The minimum atomic E-state index is 0.0473. The van der Waals surface area contributed by atoms with Gasteiger partial charge >= 0.3 is 0 Å². The van der Waals surface area contributed by atoms with E-state index in [2.05, 4.69) is 12.2 Å². The van der Waals surface area contributed by atoms with Crippen LogP contribution in [0.2, 0.25) is 0 Å². The number of carbonyl (C=O) groups excluding carboxylic acids is 1. The van der Waals surface area contributed by atoms with Crippen LogP contribution in [0.1, 0.15) is 34.8 Å². The van der Waals surface area contributed by atoms with E-state index in [1.165, 1.54) is 0 Å². The summed E-state index contributed by atoms with van der Waals surface area (Å²) in [5.74, 6) is 0.0473. The number of hydrogen-bond donors (Lipinski definition) is 1. The monoisotopic (exact) mass is 219 g/mol. The van der Waals surface area contributed by atoms with Gasteiger partial charge in [0, 0.05) is 18.7 Å². The molecule has 1 unspecified atom stereocenters. The Morgan fingerprint density at radius 1 is 1.50 bits per heavy atom. The maximum Gasteiger partial charge on any atom is 0.251 e. The molecule has 86 valence electrons. The lowest BCUT2D eigenvalue weighted by Gasteiger charge is -2.25. The third kappa shape index (κ3) is 2.09. The number of hydrogen-bond acceptors (Lipinski definition) is 2. The van der Waals surface area contributed by atoms with Crippen LogP contribution in [0, 0.1) is 0 Å². The van der Waals surface area contributed by atoms with Crippen molar-refractivity contribution in [1.82, 2.24) is 5.32 Å². The van der Waals surface area contributed by atoms with E-state index in [1.807, 2.05) is 18.2 Å². The average Bonchev–Trinajstić information content (AvgIpc) is 2.30. The number of rotatable bonds is 3. The molecule has 1 aromatic rings. The Balaban J connectivity index is 2.30. The first-order valence-electron chi connectivity index (χ1n) is 5.66. The van der Waals surface area contributed by atoms with Crippen LogP contribution in [0.3, 0.4) is 0 Å². The van der Waals surface area contributed by atoms with Crippen molar-refractivity contribution in [3.63, 3.8) is 0 Å². The first kappa shape index (κ1) is 11.1. The molecule has 0 bridgehead atoms. The summed E-state index contributed by atoms with van der Waals surface area (Å²) < 4.78 is 5.06. The van der Waals surface area contributed by atoms with Gasteiger partial charge in [0.25, 0.3) is 5.91 Å². The van der Waals surface area contributed by atoms with Crippen molar-refractivity contribution in [2.24, 2.45) is 0 Å². The molecule has 0 fully saturated rings. The highest BCUT2D eigenvalue weighted by atomic mass is 16.5. The van der Waals surface area contributed by atoms with Crippen LogP contribution >= 0.6 is 0 Å². The number of nitrogens with one attached hydrogen (secondary N) is 1. The quantitative estimate of drug-likeness (QED) is 0.843. The second-order valence-corrected chi connectivity index (χ2v) is 4.21. The van der Waals surface area contributed by atoms with E-state index in [4.69, 9.17) is 4.74 Å². The molecule has 1 aromatic carbocycles. The molecule has 16 heavy (non-hydrogen) atoms. The minimum absolute atomic E-state index is 0.0473. The third-order valence-electron chi connectivity index (χ3n) is 3.02. The van der Waals surface area contributed by atoms with E-state index in [0.717, 1.165) is 29.5 Å². The summed E-state index contributed by atoms with van der Waals surface area (Å²) in [6.07, 6.45) is 1.91. The third-order valence-corrected chi connectivity index (χ3v) is 3.02. The molecule has 3 heteroatoms. The number of fused-ring (bicyclic) bond motifs is 1. The molecule has 1 atom stereocenters. The molecule has 0 aromatic heterocycles. The SMILES string of the molecule is CCC1Cc2ccc(COC)cc2C(=O)N1. The molecule has 1 heterocycles. The van der Waals surface area contributed by atoms with Crippen LogP contribution in [0.4, 0.5) is 0 Å². The fraction of sp³-hybridized carbons (Fsp3) is 0.462. The lowest BCUT2D eigenvalue weighted by atomic mass is 9.92. The fourth-order valence-electron chi connectivity index (χ4n) is 2.10. The standard InChI is InChI=1S/C13H17NO2/c1-3-11-7-10-5-4-9(8-16-2)6-12(10)13(15)14-11/h4-6,11H,3,7-8H2,1-2H3,(H,14,15). The van der Waals surface area contributed by atoms with E-state index >= 15 is 0 Å². The Bertz CT molecular complexity index is 401. The number of amides is 1. The molecule has 1 aliphatic heterocycles. The molecule has 1 amide bonds. The first-order valence-corrected chi connectivity index (χ1v) is 5.66. The van der Waals surface area contributed by atoms with E-state index in [0.29, 0.717) is 6.61 Å². The molecule has 0 aliphatic carbocycles. The van der Waals surface area contributed by atoms with Gasteiger partial charge in [-0.25, -0.2) is 0 Å². The van der Waals surface area contributed by atoms with Crippen LogP contribution in [0.25, 0.3) is 0 Å². The molecule has 0 saturated heterocycles. The minimum Gasteiger partial charge on any atom is -0.380 e. The van der Waals surface area contributed by atoms with Crippen LogP contribution < -0.4 is 5.32 Å². The van der Waals surface area contributed by atoms with Gasteiger partial charge in [-0.05, 0) is 30.0 Å². The van der Waals surface area contributed by atoms with Crippen molar-refractivity contribution in [3.8, 4) is 0 Å². The molecule has 0 saturated carbocycles. The van der Waals surface area contributed by atoms with Crippen molar-refractivity contribution in [3.05, 3.63) is 34.9 Å². The fourth-order valence-corrected chi connectivity index (χ4v) is 2.10. The number of methoxy groups -OCH3 is 1. The van der Waals surface area contributed by atoms with Gasteiger partial charge in [0.2, 0.25) is 0 Å². The van der Waals surface area contributed by atoms with Crippen molar-refractivity contribution in [2.75, 3.05) is 7.11 Å². The van der Waals surface area contributed by atoms with E-state index < -0.39 is 0 Å². The van der Waals surface area contributed by atoms with Crippen LogP contribution in [-0.2, 0) is 17.8 Å². The highest BCUT2D eigenvalue weighted by molar-refractivity contribution is 5.97. The zero-order valence-electron chi connectivity index (χ0n) is 9.75. The van der Waals surface area contributed by atoms with Gasteiger partial charge in [0.15, 0.2) is 0 Å². The molecular weight excluding hydrogens is 202 g/mol. The maximum absolute atomic E-state index is 11.9. The Hall–Kier alpha value is -1.35. The predicted octanol–water partition coefficient (Wildman–Crippen LogP) is 1.90. The van der Waals surface area contributed by atoms with Gasteiger partial charge in [-0.1, -0.05) is 19.1 Å². The molecule has 0 spiro atoms. The molecule has 1 aliphatic rings. The molecule has 0 radical (unpaired) electrons. The molecular formula is C13H17NO2. The summed E-state index contributed by atoms with van der Waals surface area (Å²) in [6, 6.07) is 6.30. The Morgan fingerprint density at radius 2 is 2.31 bits per heavy atom. The predicted molar refractivity (Wildman–Crippen MR) is 62.4 cm³/mol. The Morgan fingerprint density at radius 3 is 3.00 bits per heavy atom. The summed E-state index contributed by atoms with van der Waals surface area (Å²) in [6.45, 7) is 2.65. The Labute approximate surface area is 95.8 Å². The smallest absolute Gasteiger partial charge is 0.251 e. The van der Waals surface area contributed by atoms with Gasteiger partial charge in [-0.2, -0.15) is 0 Å². The van der Waals surface area contributed by atoms with Gasteiger partial charge in [0.1, 0.15) is 0 Å². The van der Waals surface area contributed by atoms with Crippen molar-refractivity contribution in [1.29, 1.82) is 0 Å². The topological polar surface area (TPSA) is 38.3 Å². The van der Waals surface area contributed by atoms with Gasteiger partial charge in [0.05, 0.1) is 6.61 Å². The highest BCUT2D eigenvalue weighted by Gasteiger charge is 2.22. The van der Waals surface area contributed by atoms with E-state index in [1.54, 1.807) is 7.11 Å². The van der Waals surface area contributed by atoms with Crippen molar-refractivity contribution < 1.29 is 9.53 Å². The summed E-state index contributed by atoms with van der Waals surface area (Å²) >= 11 is 0. The highest BCUT2D eigenvalue weighted by Crippen LogP contribution is 2.20. The second-order valence-electron chi connectivity index (χ2n) is 4.21. The van der Waals surface area contributed by atoms with Crippen LogP contribution in [0.5, 0.6) is 0 Å². The largest absolute Gasteiger partial charge is 0.380 e. The lowest BCUT2D eigenvalue weighted by Crippen LogP contribution is -2.40. The van der Waals surface area contributed by atoms with Crippen LogP contribution in [0.15, 0.2) is 18.2 Å². The number of benzene rings is 1. The van der Waals surface area contributed by atoms with Crippen LogP contribution in [-0.4, -0.2) is 19.1 Å². The normalized spacial score (nSPS) is 19.1. The molecule has 2 rings (SSSR count). The molecule has 3 nitrogen and oxygen atoms in total. The van der Waals surface area contributed by atoms with E-state index in [-0.39, 0.29) is 11.9 Å². The summed E-state index contributed by atoms with van der Waals surface area (Å²) in [7, 11) is 1.66. The van der Waals surface area contributed by atoms with Crippen molar-refractivity contribution >= 4 is 5.91 Å². The summed E-state index contributed by atoms with van der Waals surface area (Å²) in [5.41, 5.74) is 3.00. The number of carbonyl (C=O) groups is 1. The molecule has 1 N–H and O–H groups in total. The van der Waals surface area contributed by atoms with Gasteiger partial charge in [-0.15, -0.1) is 0 Å². The Kier molecular flexibility index (Phi) is 3.25. The average molecular weight is 219 g/mol. The van der Waals surface area contributed by atoms with Crippen molar-refractivity contribution in [2.45, 2.75) is 32.4 Å². The maximum atomic E-state index is 11.9.